The number of thiazole rings is 1. The fourth-order valence-corrected chi connectivity index (χ4v) is 6.39. The molecular weight excluding hydrogens is 582 g/mol. The summed E-state index contributed by atoms with van der Waals surface area (Å²) in [6.07, 6.45) is 6.78. The highest BCUT2D eigenvalue weighted by molar-refractivity contribution is 7.13. The Morgan fingerprint density at radius 3 is 2.60 bits per heavy atom. The van der Waals surface area contributed by atoms with Crippen LogP contribution in [-0.2, 0) is 26.3 Å². The van der Waals surface area contributed by atoms with E-state index in [0.29, 0.717) is 32.8 Å². The minimum atomic E-state index is -0.0435. The van der Waals surface area contributed by atoms with Crippen LogP contribution in [0.3, 0.4) is 0 Å². The van der Waals surface area contributed by atoms with Crippen molar-refractivity contribution in [1.29, 1.82) is 0 Å². The molecule has 0 bridgehead atoms. The van der Waals surface area contributed by atoms with Gasteiger partial charge in [-0.3, -0.25) is 0 Å². The van der Waals surface area contributed by atoms with Gasteiger partial charge < -0.3 is 20.7 Å². The molecule has 2 amide bonds. The molecule has 2 aromatic heterocycles. The number of aromatic nitrogens is 4. The van der Waals surface area contributed by atoms with Crippen molar-refractivity contribution in [2.45, 2.75) is 32.1 Å². The number of hydrogen-bond acceptors (Lipinski definition) is 6. The van der Waals surface area contributed by atoms with Gasteiger partial charge in [0.2, 0.25) is 0 Å². The predicted molar refractivity (Wildman–Crippen MR) is 178 cm³/mol. The second-order valence-electron chi connectivity index (χ2n) is 11.3. The van der Waals surface area contributed by atoms with Gasteiger partial charge in [0, 0.05) is 31.0 Å². The van der Waals surface area contributed by atoms with Crippen molar-refractivity contribution in [3.05, 3.63) is 101 Å². The van der Waals surface area contributed by atoms with E-state index in [2.05, 4.69) is 77.6 Å². The van der Waals surface area contributed by atoms with E-state index >= 15 is 0 Å². The van der Waals surface area contributed by atoms with Crippen LogP contribution < -0.4 is 20.5 Å². The molecule has 232 valence electrons. The highest BCUT2D eigenvalue weighted by atomic mass is 32.1. The van der Waals surface area contributed by atoms with Crippen molar-refractivity contribution < 1.29 is 14.2 Å². The third kappa shape index (κ3) is 7.58. The number of rotatable bonds is 14. The van der Waals surface area contributed by atoms with Crippen molar-refractivity contribution in [3.8, 4) is 33.1 Å². The Morgan fingerprint density at radius 2 is 1.82 bits per heavy atom. The van der Waals surface area contributed by atoms with Crippen molar-refractivity contribution >= 4 is 17.4 Å². The quantitative estimate of drug-likeness (QED) is 0.135. The summed E-state index contributed by atoms with van der Waals surface area (Å²) in [5, 5.41) is 10.6. The Balaban J connectivity index is 1.18. The van der Waals surface area contributed by atoms with E-state index in [1.807, 2.05) is 28.5 Å². The molecular formula is C35H40N7O2S+. The fraction of sp³-hybridized carbons (Fsp3) is 0.314. The van der Waals surface area contributed by atoms with E-state index < -0.39 is 0 Å². The molecule has 1 saturated heterocycles. The monoisotopic (exact) mass is 622 g/mol. The number of hydrogen-bond donors (Lipinski definition) is 2. The van der Waals surface area contributed by atoms with Gasteiger partial charge in [-0.25, -0.2) is 9.78 Å². The fourth-order valence-electron chi connectivity index (χ4n) is 5.51. The predicted octanol–water partition coefficient (Wildman–Crippen LogP) is 4.96. The maximum absolute atomic E-state index is 12.1. The van der Waals surface area contributed by atoms with Crippen LogP contribution in [0.2, 0.25) is 0 Å². The Bertz CT molecular complexity index is 1720. The summed E-state index contributed by atoms with van der Waals surface area (Å²) in [7, 11) is 1.97. The van der Waals surface area contributed by atoms with Crippen molar-refractivity contribution in [3.63, 3.8) is 0 Å². The van der Waals surface area contributed by atoms with Crippen LogP contribution in [0.25, 0.3) is 27.4 Å². The van der Waals surface area contributed by atoms with Gasteiger partial charge in [0.15, 0.2) is 17.6 Å². The summed E-state index contributed by atoms with van der Waals surface area (Å²) in [6, 6.07) is 25.3. The molecule has 1 aliphatic heterocycles. The van der Waals surface area contributed by atoms with E-state index in [-0.39, 0.29) is 6.03 Å². The number of carbonyl (C=O) groups is 1. The number of carbonyl (C=O) groups excluding carboxylic acids is 1. The first kappa shape index (κ1) is 30.5. The van der Waals surface area contributed by atoms with Crippen molar-refractivity contribution in [1.82, 2.24) is 25.1 Å². The van der Waals surface area contributed by atoms with E-state index in [0.717, 1.165) is 65.5 Å². The van der Waals surface area contributed by atoms with Gasteiger partial charge in [0.1, 0.15) is 24.4 Å². The van der Waals surface area contributed by atoms with Crippen LogP contribution in [0, 0.1) is 0 Å². The minimum absolute atomic E-state index is 0.0435. The zero-order valence-corrected chi connectivity index (χ0v) is 26.5. The highest BCUT2D eigenvalue weighted by Crippen LogP contribution is 2.34. The molecule has 5 aromatic rings. The third-order valence-corrected chi connectivity index (χ3v) is 9.04. The van der Waals surface area contributed by atoms with Gasteiger partial charge in [-0.15, -0.1) is 20.7 Å². The number of benzene rings is 3. The molecule has 3 N–H and O–H groups in total. The molecule has 0 radical (unpaired) electrons. The van der Waals surface area contributed by atoms with Crippen molar-refractivity contribution in [2.75, 3.05) is 32.8 Å². The number of nitrogens with one attached hydrogen (secondary N) is 1. The number of ether oxygens (including phenoxy) is 1. The lowest BCUT2D eigenvalue weighted by molar-refractivity contribution is -0.661. The lowest BCUT2D eigenvalue weighted by Crippen LogP contribution is -2.33. The van der Waals surface area contributed by atoms with Crippen LogP contribution in [0.4, 0.5) is 4.79 Å². The average Bonchev–Trinajstić information content (AvgIpc) is 3.81. The van der Waals surface area contributed by atoms with Gasteiger partial charge >= 0.3 is 6.03 Å². The molecule has 6 rings (SSSR count). The molecule has 3 heterocycles. The van der Waals surface area contributed by atoms with E-state index in [4.69, 9.17) is 20.7 Å². The molecule has 10 heteroatoms. The summed E-state index contributed by atoms with van der Waals surface area (Å²) < 4.78 is 10.2. The SMILES string of the molecule is Cn1n[n+](-c2ccc(-c3nc(CCc4ccc(-c5ccccc5)cc4)cs3)c(OCCN3CCNC3=O)c2)cc1CCCCN. The molecule has 45 heavy (non-hydrogen) atoms. The normalized spacial score (nSPS) is 12.9. The van der Waals surface area contributed by atoms with Gasteiger partial charge in [-0.05, 0) is 61.1 Å². The van der Waals surface area contributed by atoms with Gasteiger partial charge in [-0.2, -0.15) is 0 Å². The summed E-state index contributed by atoms with van der Waals surface area (Å²) in [5.41, 5.74) is 13.5. The Hall–Kier alpha value is -4.54. The topological polar surface area (TPSA) is 102 Å². The zero-order chi connectivity index (χ0) is 31.0. The maximum Gasteiger partial charge on any atom is 0.317 e. The standard InChI is InChI=1S/C35H39N7O2S/c1-40-31(9-5-6-18-36)24-42(39-40)30-16-17-32(33(23-30)44-22-21-41-20-19-37-35(41)43)34-38-29(25-45-34)15-12-26-10-13-28(14-11-26)27-7-3-2-4-8-27/h2-4,7-8,10-11,13-14,16-17,23-25H,5-6,9,12,15,18-22,36H2,1H3/p+1. The minimum Gasteiger partial charge on any atom is -0.491 e. The number of nitrogens with two attached hydrogens (primary N) is 1. The highest BCUT2D eigenvalue weighted by Gasteiger charge is 2.21. The van der Waals surface area contributed by atoms with Gasteiger partial charge in [0.25, 0.3) is 0 Å². The first-order chi connectivity index (χ1) is 22.1. The first-order valence-electron chi connectivity index (χ1n) is 15.6. The van der Waals surface area contributed by atoms with E-state index in [1.54, 1.807) is 16.2 Å². The molecule has 0 spiro atoms. The molecule has 9 nitrogen and oxygen atoms in total. The first-order valence-corrected chi connectivity index (χ1v) is 16.5. The average molecular weight is 623 g/mol. The van der Waals surface area contributed by atoms with Gasteiger partial charge in [0.05, 0.1) is 23.0 Å². The molecule has 1 aliphatic rings. The number of aryl methyl sites for hydroxylation is 4. The van der Waals surface area contributed by atoms with Crippen LogP contribution in [0.15, 0.2) is 84.4 Å². The number of unbranched alkanes of at least 4 members (excludes halogenated alkanes) is 1. The second-order valence-corrected chi connectivity index (χ2v) is 12.1. The summed E-state index contributed by atoms with van der Waals surface area (Å²) >= 11 is 1.63. The molecule has 0 unspecified atom stereocenters. The molecule has 0 atom stereocenters. The number of urea groups is 1. The summed E-state index contributed by atoms with van der Waals surface area (Å²) in [6.45, 7) is 2.96. The largest absolute Gasteiger partial charge is 0.491 e. The number of amides is 2. The molecule has 1 fully saturated rings. The van der Waals surface area contributed by atoms with Crippen LogP contribution in [0.1, 0.15) is 29.8 Å². The van der Waals surface area contributed by atoms with Crippen molar-refractivity contribution in [2.24, 2.45) is 12.8 Å². The number of nitrogens with zero attached hydrogens (tertiary/aromatic N) is 5. The maximum atomic E-state index is 12.1. The lowest BCUT2D eigenvalue weighted by atomic mass is 10.0. The summed E-state index contributed by atoms with van der Waals surface area (Å²) in [4.78, 5) is 18.8. The van der Waals surface area contributed by atoms with Crippen LogP contribution in [-0.4, -0.2) is 58.6 Å². The molecule has 3 aromatic carbocycles. The molecule has 0 saturated carbocycles. The summed E-state index contributed by atoms with van der Waals surface area (Å²) in [5.74, 6) is 0.729. The van der Waals surface area contributed by atoms with E-state index in [9.17, 15) is 4.79 Å². The Labute approximate surface area is 268 Å². The Morgan fingerprint density at radius 1 is 1.00 bits per heavy atom. The third-order valence-electron chi connectivity index (χ3n) is 8.11. The zero-order valence-electron chi connectivity index (χ0n) is 25.7. The van der Waals surface area contributed by atoms with Crippen LogP contribution in [0.5, 0.6) is 5.75 Å². The lowest BCUT2D eigenvalue weighted by Gasteiger charge is -2.16. The smallest absolute Gasteiger partial charge is 0.317 e. The Kier molecular flexibility index (Phi) is 9.82. The van der Waals surface area contributed by atoms with Gasteiger partial charge in [-0.1, -0.05) is 54.6 Å². The van der Waals surface area contributed by atoms with E-state index in [1.165, 1.54) is 16.7 Å². The second kappa shape index (κ2) is 14.5. The molecule has 0 aliphatic carbocycles. The van der Waals surface area contributed by atoms with Crippen LogP contribution >= 0.6 is 11.3 Å².